The molecule has 0 atom stereocenters. The number of nitrogens with zero attached hydrogens (tertiary/aromatic N) is 1. The van der Waals surface area contributed by atoms with Crippen LogP contribution in [-0.4, -0.2) is 17.2 Å². The van der Waals surface area contributed by atoms with Gasteiger partial charge in [-0.3, -0.25) is 14.5 Å². The van der Waals surface area contributed by atoms with Crippen LogP contribution in [0.15, 0.2) is 24.3 Å². The number of hydrogen-bond acceptors (Lipinski definition) is 3. The van der Waals surface area contributed by atoms with E-state index >= 15 is 0 Å². The zero-order chi connectivity index (χ0) is 13.9. The monoisotopic (exact) mass is 248 g/mol. The number of para-hydroxylation sites is 2. The predicted octanol–water partition coefficient (Wildman–Crippen LogP) is 2.38. The van der Waals surface area contributed by atoms with Crippen LogP contribution in [0.5, 0.6) is 0 Å². The molecule has 0 radical (unpaired) electrons. The van der Waals surface area contributed by atoms with Crippen molar-refractivity contribution in [3.05, 3.63) is 24.3 Å². The summed E-state index contributed by atoms with van der Waals surface area (Å²) < 4.78 is 0. The van der Waals surface area contributed by atoms with Crippen LogP contribution in [0.2, 0.25) is 0 Å². The van der Waals surface area contributed by atoms with Gasteiger partial charge in [0, 0.05) is 12.0 Å². The highest BCUT2D eigenvalue weighted by Crippen LogP contribution is 2.29. The Morgan fingerprint density at radius 1 is 1.22 bits per heavy atom. The third-order valence-corrected chi connectivity index (χ3v) is 2.61. The van der Waals surface area contributed by atoms with Crippen LogP contribution in [-0.2, 0) is 9.59 Å². The van der Waals surface area contributed by atoms with Gasteiger partial charge in [0.1, 0.15) is 0 Å². The second kappa shape index (κ2) is 5.21. The molecule has 0 bridgehead atoms. The molecule has 0 heterocycles. The van der Waals surface area contributed by atoms with Gasteiger partial charge in [0.25, 0.3) is 5.91 Å². The summed E-state index contributed by atoms with van der Waals surface area (Å²) in [5.74, 6) is -0.920. The molecule has 1 aromatic rings. The fourth-order valence-electron chi connectivity index (χ4n) is 1.74. The number of rotatable bonds is 3. The number of carbonyl (C=O) groups is 2. The topological polar surface area (TPSA) is 63.4 Å². The number of ketones is 1. The Morgan fingerprint density at radius 2 is 1.78 bits per heavy atom. The van der Waals surface area contributed by atoms with Crippen LogP contribution in [0.4, 0.5) is 11.4 Å². The number of anilines is 2. The molecular formula is C14H20N2O2. The smallest absolute Gasteiger partial charge is 0.294 e. The molecule has 0 spiro atoms. The molecule has 18 heavy (non-hydrogen) atoms. The summed E-state index contributed by atoms with van der Waals surface area (Å²) in [7, 11) is 0. The van der Waals surface area contributed by atoms with Crippen molar-refractivity contribution in [3.8, 4) is 0 Å². The average molecular weight is 248 g/mol. The summed E-state index contributed by atoms with van der Waals surface area (Å²) in [6.07, 6.45) is 0.193. The lowest BCUT2D eigenvalue weighted by atomic mass is 10.0. The van der Waals surface area contributed by atoms with E-state index in [1.165, 1.54) is 4.90 Å². The molecule has 0 aliphatic heterocycles. The van der Waals surface area contributed by atoms with Crippen LogP contribution >= 0.6 is 0 Å². The summed E-state index contributed by atoms with van der Waals surface area (Å²) in [4.78, 5) is 25.3. The number of benzene rings is 1. The summed E-state index contributed by atoms with van der Waals surface area (Å²) in [6, 6.07) is 7.07. The van der Waals surface area contributed by atoms with Crippen LogP contribution in [0.25, 0.3) is 0 Å². The molecule has 0 fully saturated rings. The van der Waals surface area contributed by atoms with Crippen molar-refractivity contribution < 1.29 is 9.59 Å². The van der Waals surface area contributed by atoms with Gasteiger partial charge in [-0.25, -0.2) is 0 Å². The van der Waals surface area contributed by atoms with Gasteiger partial charge in [-0.2, -0.15) is 0 Å². The zero-order valence-corrected chi connectivity index (χ0v) is 11.4. The van der Waals surface area contributed by atoms with Gasteiger partial charge < -0.3 is 5.73 Å². The number of nitrogens with two attached hydrogens (primary N) is 1. The molecule has 0 unspecified atom stereocenters. The van der Waals surface area contributed by atoms with Crippen LogP contribution in [0, 0.1) is 0 Å². The molecule has 98 valence electrons. The van der Waals surface area contributed by atoms with Gasteiger partial charge in [-0.1, -0.05) is 19.1 Å². The van der Waals surface area contributed by atoms with E-state index in [9.17, 15) is 9.59 Å². The average Bonchev–Trinajstić information content (AvgIpc) is 2.29. The highest BCUT2D eigenvalue weighted by Gasteiger charge is 2.32. The molecule has 0 saturated heterocycles. The Labute approximate surface area is 108 Å². The highest BCUT2D eigenvalue weighted by molar-refractivity contribution is 6.41. The molecule has 1 aromatic carbocycles. The molecule has 2 N–H and O–H groups in total. The van der Waals surface area contributed by atoms with Crippen LogP contribution in [0.3, 0.4) is 0 Å². The first-order valence-corrected chi connectivity index (χ1v) is 6.01. The number of hydrogen-bond donors (Lipinski definition) is 1. The predicted molar refractivity (Wildman–Crippen MR) is 73.4 cm³/mol. The van der Waals surface area contributed by atoms with E-state index in [2.05, 4.69) is 0 Å². The van der Waals surface area contributed by atoms with Crippen LogP contribution in [0.1, 0.15) is 34.1 Å². The van der Waals surface area contributed by atoms with Crippen LogP contribution < -0.4 is 10.6 Å². The first-order valence-electron chi connectivity index (χ1n) is 6.01. The molecule has 0 aromatic heterocycles. The summed E-state index contributed by atoms with van der Waals surface area (Å²) >= 11 is 0. The van der Waals surface area contributed by atoms with Crippen molar-refractivity contribution in [2.75, 3.05) is 10.6 Å². The maximum Gasteiger partial charge on any atom is 0.294 e. The third kappa shape index (κ3) is 2.88. The third-order valence-electron chi connectivity index (χ3n) is 2.61. The molecule has 0 saturated carbocycles. The first kappa shape index (κ1) is 14.2. The van der Waals surface area contributed by atoms with Crippen molar-refractivity contribution >= 4 is 23.1 Å². The summed E-state index contributed by atoms with van der Waals surface area (Å²) in [5.41, 5.74) is 6.46. The van der Waals surface area contributed by atoms with E-state index in [1.807, 2.05) is 20.8 Å². The SMILES string of the molecule is CCC(=O)C(=O)N(c1ccccc1N)C(C)(C)C. The normalized spacial score (nSPS) is 11.1. The number of nitrogen functional groups attached to an aromatic ring is 1. The van der Waals surface area contributed by atoms with Crippen molar-refractivity contribution in [2.24, 2.45) is 0 Å². The molecule has 1 rings (SSSR count). The van der Waals surface area contributed by atoms with E-state index < -0.39 is 17.2 Å². The fourth-order valence-corrected chi connectivity index (χ4v) is 1.74. The van der Waals surface area contributed by atoms with E-state index in [4.69, 9.17) is 5.73 Å². The van der Waals surface area contributed by atoms with E-state index in [0.29, 0.717) is 11.4 Å². The van der Waals surface area contributed by atoms with Gasteiger partial charge in [-0.15, -0.1) is 0 Å². The second-order valence-corrected chi connectivity index (χ2v) is 5.15. The Balaban J connectivity index is 3.28. The van der Waals surface area contributed by atoms with E-state index in [-0.39, 0.29) is 6.42 Å². The van der Waals surface area contributed by atoms with E-state index in [0.717, 1.165) is 0 Å². The summed E-state index contributed by atoms with van der Waals surface area (Å²) in [6.45, 7) is 7.30. The van der Waals surface area contributed by atoms with E-state index in [1.54, 1.807) is 31.2 Å². The maximum absolute atomic E-state index is 12.2. The second-order valence-electron chi connectivity index (χ2n) is 5.15. The van der Waals surface area contributed by atoms with Gasteiger partial charge in [0.2, 0.25) is 5.78 Å². The quantitative estimate of drug-likeness (QED) is 0.660. The Kier molecular flexibility index (Phi) is 4.11. The zero-order valence-electron chi connectivity index (χ0n) is 11.4. The van der Waals surface area contributed by atoms with Gasteiger partial charge >= 0.3 is 0 Å². The van der Waals surface area contributed by atoms with Crippen molar-refractivity contribution in [1.29, 1.82) is 0 Å². The molecular weight excluding hydrogens is 228 g/mol. The lowest BCUT2D eigenvalue weighted by Crippen LogP contribution is -2.49. The van der Waals surface area contributed by atoms with Crippen molar-refractivity contribution in [3.63, 3.8) is 0 Å². The largest absolute Gasteiger partial charge is 0.397 e. The van der Waals surface area contributed by atoms with Gasteiger partial charge in [0.15, 0.2) is 0 Å². The number of amides is 1. The highest BCUT2D eigenvalue weighted by atomic mass is 16.2. The van der Waals surface area contributed by atoms with Gasteiger partial charge in [0.05, 0.1) is 11.4 Å². The summed E-state index contributed by atoms with van der Waals surface area (Å²) in [5, 5.41) is 0. The number of Topliss-reactive ketones (excluding diaryl/α,β-unsaturated/α-hetero) is 1. The maximum atomic E-state index is 12.2. The standard InChI is InChI=1S/C14H20N2O2/c1-5-12(17)13(18)16(14(2,3)4)11-9-7-6-8-10(11)15/h6-9H,5,15H2,1-4H3. The minimum Gasteiger partial charge on any atom is -0.397 e. The lowest BCUT2D eigenvalue weighted by Gasteiger charge is -2.35. The molecule has 1 amide bonds. The van der Waals surface area contributed by atoms with Crippen molar-refractivity contribution in [1.82, 2.24) is 0 Å². The minimum atomic E-state index is -0.511. The molecule has 4 nitrogen and oxygen atoms in total. The molecule has 4 heteroatoms. The lowest BCUT2D eigenvalue weighted by molar-refractivity contribution is -0.136. The minimum absolute atomic E-state index is 0.193. The Hall–Kier alpha value is -1.84. The van der Waals surface area contributed by atoms with Gasteiger partial charge in [-0.05, 0) is 32.9 Å². The Morgan fingerprint density at radius 3 is 2.22 bits per heavy atom. The first-order chi connectivity index (χ1) is 8.29. The molecule has 0 aliphatic rings. The Bertz CT molecular complexity index is 461. The fraction of sp³-hybridized carbons (Fsp3) is 0.429. The number of carbonyl (C=O) groups excluding carboxylic acids is 2. The van der Waals surface area contributed by atoms with Crippen molar-refractivity contribution in [2.45, 2.75) is 39.7 Å². The molecule has 0 aliphatic carbocycles.